The lowest BCUT2D eigenvalue weighted by Gasteiger charge is -2.86. The van der Waals surface area contributed by atoms with Gasteiger partial charge >= 0.3 is 0 Å². The Labute approximate surface area is 805 Å². The zero-order chi connectivity index (χ0) is 95.1. The van der Waals surface area contributed by atoms with Crippen molar-refractivity contribution >= 4 is 32.3 Å². The Morgan fingerprint density at radius 3 is 1.36 bits per heavy atom. The van der Waals surface area contributed by atoms with E-state index in [0.29, 0.717) is 6.42 Å². The van der Waals surface area contributed by atoms with Gasteiger partial charge in [0.15, 0.2) is 0 Å². The lowest BCUT2D eigenvalue weighted by Crippen LogP contribution is -2.90. The molecule has 0 amide bonds. The van der Waals surface area contributed by atoms with Gasteiger partial charge in [0.05, 0.1) is 16.2 Å². The van der Waals surface area contributed by atoms with Crippen LogP contribution >= 0.6 is 0 Å². The van der Waals surface area contributed by atoms with Crippen LogP contribution in [0.2, 0.25) is 0 Å². The summed E-state index contributed by atoms with van der Waals surface area (Å²) in [5.41, 5.74) is 36.5. The first-order valence-corrected chi connectivity index (χ1v) is 49.3. The first-order valence-electron chi connectivity index (χ1n) is 49.3. The molecule has 135 heavy (non-hydrogen) atoms. The van der Waals surface area contributed by atoms with Crippen molar-refractivity contribution < 1.29 is 0 Å². The molecule has 0 saturated heterocycles. The van der Waals surface area contributed by atoms with E-state index < -0.39 is 43.8 Å². The molecular formula is C135H132. The Morgan fingerprint density at radius 2 is 0.681 bits per heavy atom. The van der Waals surface area contributed by atoms with Crippen molar-refractivity contribution in [3.8, 4) is 0 Å². The van der Waals surface area contributed by atoms with Crippen molar-refractivity contribution in [2.24, 2.45) is 0 Å². The summed E-state index contributed by atoms with van der Waals surface area (Å²) in [6.07, 6.45) is 0.678. The van der Waals surface area contributed by atoms with Crippen molar-refractivity contribution in [1.29, 1.82) is 0 Å². The Balaban J connectivity index is 1.44. The van der Waals surface area contributed by atoms with Gasteiger partial charge in [-0.15, -0.1) is 0 Å². The summed E-state index contributed by atoms with van der Waals surface area (Å²) in [6.45, 7) is 59.8. The highest BCUT2D eigenvalue weighted by Gasteiger charge is 2.94. The molecule has 18 aromatic carbocycles. The van der Waals surface area contributed by atoms with Crippen molar-refractivity contribution in [2.75, 3.05) is 0 Å². The van der Waals surface area contributed by atoms with Crippen molar-refractivity contribution in [3.63, 3.8) is 0 Å². The van der Waals surface area contributed by atoms with Crippen LogP contribution in [0.4, 0.5) is 0 Å². The summed E-state index contributed by atoms with van der Waals surface area (Å²) >= 11 is 0. The Hall–Kier alpha value is -13.3. The molecule has 1 aliphatic carbocycles. The summed E-state index contributed by atoms with van der Waals surface area (Å²) in [5, 5.41) is 7.07. The third-order valence-electron chi connectivity index (χ3n) is 33.8. The van der Waals surface area contributed by atoms with Gasteiger partial charge in [0.2, 0.25) is 0 Å². The first kappa shape index (κ1) is 90.9. The second kappa shape index (κ2) is 34.3. The largest absolute Gasteiger partial charge is 0.0622 e. The minimum Gasteiger partial charge on any atom is -0.0622 e. The molecule has 1 fully saturated rings. The van der Waals surface area contributed by atoms with Gasteiger partial charge in [0.1, 0.15) is 0 Å². The van der Waals surface area contributed by atoms with E-state index in [2.05, 4.69) is 512 Å². The summed E-state index contributed by atoms with van der Waals surface area (Å²) in [5.74, 6) is -0.901. The molecule has 0 aliphatic heterocycles. The van der Waals surface area contributed by atoms with Crippen LogP contribution in [0, 0.1) is 159 Å². The number of fused-ring (bicyclic) bond motifs is 3. The average molecular weight is 1750 g/mol. The summed E-state index contributed by atoms with van der Waals surface area (Å²) in [4.78, 5) is 0. The number of aryl methyl sites for hydroxylation is 18. The number of rotatable bonds is 18. The predicted molar refractivity (Wildman–Crippen MR) is 576 cm³/mol. The van der Waals surface area contributed by atoms with Gasteiger partial charge in [-0.3, -0.25) is 0 Å². The molecule has 0 spiro atoms. The number of benzene rings is 18. The molecule has 0 nitrogen and oxygen atoms in total. The number of hydrogen-bond acceptors (Lipinski definition) is 0. The van der Waals surface area contributed by atoms with Crippen LogP contribution in [0.3, 0.4) is 0 Å². The fourth-order valence-electron chi connectivity index (χ4n) is 28.3. The lowest BCUT2D eigenvalue weighted by atomic mass is 9.13. The van der Waals surface area contributed by atoms with Crippen LogP contribution in [0.15, 0.2) is 346 Å². The minimum atomic E-state index is -1.75. The fourth-order valence-corrected chi connectivity index (χ4v) is 28.3. The van der Waals surface area contributed by atoms with E-state index in [1.165, 1.54) is 244 Å². The summed E-state index contributed by atoms with van der Waals surface area (Å²) in [6, 6.07) is 145. The van der Waals surface area contributed by atoms with E-state index >= 15 is 0 Å². The summed E-state index contributed by atoms with van der Waals surface area (Å²) in [7, 11) is 0. The van der Waals surface area contributed by atoms with Crippen molar-refractivity contribution in [2.45, 2.75) is 216 Å². The zero-order valence-electron chi connectivity index (χ0n) is 84.2. The van der Waals surface area contributed by atoms with Gasteiger partial charge in [0, 0.05) is 27.6 Å². The molecule has 0 heterocycles. The Kier molecular flexibility index (Phi) is 23.1. The van der Waals surface area contributed by atoms with Gasteiger partial charge in [-0.1, -0.05) is 374 Å². The van der Waals surface area contributed by atoms with Gasteiger partial charge in [-0.25, -0.2) is 0 Å². The van der Waals surface area contributed by atoms with Gasteiger partial charge in [-0.2, -0.15) is 0 Å². The predicted octanol–water partition coefficient (Wildman–Crippen LogP) is 33.8. The van der Waals surface area contributed by atoms with E-state index in [0.717, 1.165) is 5.39 Å². The molecule has 8 unspecified atom stereocenters. The Morgan fingerprint density at radius 1 is 0.207 bits per heavy atom. The molecule has 1 saturated carbocycles. The summed E-state index contributed by atoms with van der Waals surface area (Å²) < 4.78 is 0. The standard InChI is InChI=1S/C135H132/c1-25-106-47-33-36-58-121(106)133(126-93(12)45-38-46-94(126)13)131(113-55-37-42-84(3)74-113,114-70-67-89(8)96(15)79-114)130(112-68-63-83(2)64-69-112,115-75-87(6)72-88(7)76-115)132(120-59-39-44-90(9)100(120)19,125-80-97(16)95(14)78-99(125)18)135(119-71-65-85(4)73-98(119)17,134(133,124-77-86(5)62-66-92(124)11)127-104(23)102(21)101(20)103(22)105(127)24)128(108-49-27-26-28-50-108)129(118-57-35-29-43-91(118)10,122-60-40-53-107-48-32-34-56-116(107)122)123-61-41-54-111-81-109-51-30-31-52-110(109)82-117(111)123/h26-82,128H,25H2,1-24H3. The molecule has 18 aromatic rings. The fraction of sp³-hybridized carbons (Fsp3) is 0.244. The lowest BCUT2D eigenvalue weighted by molar-refractivity contribution is -0.0968. The monoisotopic (exact) mass is 1750 g/mol. The molecule has 0 heteroatoms. The highest BCUT2D eigenvalue weighted by Crippen LogP contribution is 2.91. The van der Waals surface area contributed by atoms with Gasteiger partial charge < -0.3 is 0 Å². The van der Waals surface area contributed by atoms with Gasteiger partial charge in [0.25, 0.3) is 0 Å². The van der Waals surface area contributed by atoms with Crippen LogP contribution in [-0.4, -0.2) is 0 Å². The van der Waals surface area contributed by atoms with Crippen LogP contribution in [0.5, 0.6) is 0 Å². The normalized spacial score (nSPS) is 19.6. The third kappa shape index (κ3) is 12.7. The average Bonchev–Trinajstić information content (AvgIpc) is 0.586. The molecule has 0 aromatic heterocycles. The molecule has 8 atom stereocenters. The molecule has 0 bridgehead atoms. The van der Waals surface area contributed by atoms with E-state index in [9.17, 15) is 0 Å². The number of hydrogen-bond donors (Lipinski definition) is 0. The molecule has 0 N–H and O–H groups in total. The van der Waals surface area contributed by atoms with Crippen LogP contribution in [-0.2, 0) is 44.3 Å². The minimum absolute atomic E-state index is 0.678. The molecular weight excluding hydrogens is 1620 g/mol. The van der Waals surface area contributed by atoms with Crippen LogP contribution in [0.25, 0.3) is 32.3 Å². The van der Waals surface area contributed by atoms with Gasteiger partial charge in [-0.05, 0) is 394 Å². The highest BCUT2D eigenvalue weighted by molar-refractivity contribution is 6.02. The topological polar surface area (TPSA) is 0 Å². The maximum Gasteiger partial charge on any atom is 0.0543 e. The van der Waals surface area contributed by atoms with E-state index in [4.69, 9.17) is 0 Å². The smallest absolute Gasteiger partial charge is 0.0543 e. The molecule has 0 radical (unpaired) electrons. The molecule has 19 rings (SSSR count). The van der Waals surface area contributed by atoms with Crippen LogP contribution in [0.1, 0.15) is 230 Å². The Bertz CT molecular complexity index is 7700. The maximum atomic E-state index is 2.85. The van der Waals surface area contributed by atoms with E-state index in [1.807, 2.05) is 0 Å². The van der Waals surface area contributed by atoms with Crippen molar-refractivity contribution in [1.82, 2.24) is 0 Å². The second-order valence-electron chi connectivity index (χ2n) is 41.1. The van der Waals surface area contributed by atoms with Crippen LogP contribution < -0.4 is 0 Å². The maximum absolute atomic E-state index is 2.85. The van der Waals surface area contributed by atoms with E-state index in [1.54, 1.807) is 0 Å². The first-order chi connectivity index (χ1) is 64.9. The highest BCUT2D eigenvalue weighted by atomic mass is 14.9. The second-order valence-corrected chi connectivity index (χ2v) is 41.1. The quantitative estimate of drug-likeness (QED) is 0.0593. The van der Waals surface area contributed by atoms with E-state index in [-0.39, 0.29) is 0 Å². The zero-order valence-corrected chi connectivity index (χ0v) is 84.2. The molecule has 672 valence electrons. The molecule has 1 aliphatic rings. The SMILES string of the molecule is CCc1ccccc1C1(c2c(C)cccc2C)C(c2cccc(C)c2)(c2ccc(C)c(C)c2)C(c2ccc(C)cc2)(c2cc(C)cc(C)c2)C(c2cc(C)c(C)cc2C)(c2cccc(C)c2C)C(c2ccc(C)cc2C)(C(c2ccccc2)C(c2ccccc2C)(c2cccc3ccccc23)c2cccc3cc4ccccc4cc23)C1(c1cc(C)ccc1C)c1c(C)c(C)c(C)c(C)c1C. The third-order valence-corrected chi connectivity index (χ3v) is 33.8. The van der Waals surface area contributed by atoms with Crippen molar-refractivity contribution in [3.05, 3.63) is 563 Å².